The van der Waals surface area contributed by atoms with Crippen LogP contribution >= 0.6 is 15.9 Å². The molecule has 1 aliphatic heterocycles. The minimum Gasteiger partial charge on any atom is -0.389 e. The van der Waals surface area contributed by atoms with Crippen molar-refractivity contribution in [2.24, 2.45) is 0 Å². The highest BCUT2D eigenvalue weighted by molar-refractivity contribution is 9.10. The molecular weight excluding hydrogens is 304 g/mol. The zero-order valence-electron chi connectivity index (χ0n) is 11.9. The number of hydrogen-bond donors (Lipinski definition) is 1. The molecule has 3 nitrogen and oxygen atoms in total. The topological polar surface area (TPSA) is 26.7 Å². The Labute approximate surface area is 124 Å². The molecule has 0 saturated carbocycles. The number of hydrogen-bond acceptors (Lipinski definition) is 3. The number of piperidine rings is 1. The van der Waals surface area contributed by atoms with E-state index in [-0.39, 0.29) is 0 Å². The van der Waals surface area contributed by atoms with Gasteiger partial charge in [0.25, 0.3) is 0 Å². The van der Waals surface area contributed by atoms with Crippen molar-refractivity contribution >= 4 is 21.6 Å². The Morgan fingerprint density at radius 3 is 2.84 bits per heavy atom. The van der Waals surface area contributed by atoms with Gasteiger partial charge in [-0.2, -0.15) is 0 Å². The summed E-state index contributed by atoms with van der Waals surface area (Å²) in [5.41, 5.74) is 2.13. The third kappa shape index (κ3) is 3.50. The van der Waals surface area contributed by atoms with Crippen LogP contribution in [0, 0.1) is 0 Å². The van der Waals surface area contributed by atoms with E-state index in [0.29, 0.717) is 6.04 Å². The van der Waals surface area contributed by atoms with Gasteiger partial charge in [0.2, 0.25) is 0 Å². The van der Waals surface area contributed by atoms with E-state index in [1.807, 2.05) is 19.1 Å². The van der Waals surface area contributed by atoms with Crippen LogP contribution in [0.15, 0.2) is 22.7 Å². The normalized spacial score (nSPS) is 22.3. The van der Waals surface area contributed by atoms with Crippen LogP contribution in [0.25, 0.3) is 0 Å². The molecule has 1 aromatic rings. The van der Waals surface area contributed by atoms with Crippen LogP contribution in [-0.2, 0) is 0 Å². The third-order valence-electron chi connectivity index (χ3n) is 3.97. The number of likely N-dealkylation sites (N-methyl/N-ethyl adjacent to an activating group) is 2. The molecule has 106 valence electrons. The SMILES string of the molecule is CC(O)c1ccc(Br)cc1N(C)C1CCCN(C)C1. The lowest BCUT2D eigenvalue weighted by Gasteiger charge is -2.38. The predicted octanol–water partition coefficient (Wildman–Crippen LogP) is 3.03. The van der Waals surface area contributed by atoms with E-state index in [1.54, 1.807) is 0 Å². The summed E-state index contributed by atoms with van der Waals surface area (Å²) in [6.45, 7) is 4.10. The van der Waals surface area contributed by atoms with E-state index >= 15 is 0 Å². The van der Waals surface area contributed by atoms with E-state index in [2.05, 4.69) is 45.9 Å². The van der Waals surface area contributed by atoms with Crippen LogP contribution in [0.1, 0.15) is 31.4 Å². The molecule has 0 aliphatic carbocycles. The van der Waals surface area contributed by atoms with Gasteiger partial charge in [-0.15, -0.1) is 0 Å². The third-order valence-corrected chi connectivity index (χ3v) is 4.46. The van der Waals surface area contributed by atoms with Crippen molar-refractivity contribution in [3.05, 3.63) is 28.2 Å². The van der Waals surface area contributed by atoms with Gasteiger partial charge in [-0.1, -0.05) is 22.0 Å². The molecule has 0 radical (unpaired) electrons. The van der Waals surface area contributed by atoms with E-state index in [0.717, 1.165) is 22.3 Å². The Hall–Kier alpha value is -0.580. The summed E-state index contributed by atoms with van der Waals surface area (Å²) in [7, 11) is 4.31. The largest absolute Gasteiger partial charge is 0.389 e. The van der Waals surface area contributed by atoms with Gasteiger partial charge in [0.05, 0.1) is 6.10 Å². The highest BCUT2D eigenvalue weighted by Gasteiger charge is 2.23. The van der Waals surface area contributed by atoms with Crippen LogP contribution in [0.5, 0.6) is 0 Å². The van der Waals surface area contributed by atoms with Gasteiger partial charge in [-0.25, -0.2) is 0 Å². The lowest BCUT2D eigenvalue weighted by atomic mass is 10.0. The Kier molecular flexibility index (Phi) is 4.87. The van der Waals surface area contributed by atoms with Crippen molar-refractivity contribution < 1.29 is 5.11 Å². The number of aliphatic hydroxyl groups is 1. The summed E-state index contributed by atoms with van der Waals surface area (Å²) >= 11 is 3.53. The van der Waals surface area contributed by atoms with Crippen LogP contribution in [0.2, 0.25) is 0 Å². The molecule has 4 heteroatoms. The van der Waals surface area contributed by atoms with Gasteiger partial charge in [-0.3, -0.25) is 0 Å². The molecule has 1 N–H and O–H groups in total. The molecule has 2 atom stereocenters. The monoisotopic (exact) mass is 326 g/mol. The molecular formula is C15H23BrN2O. The van der Waals surface area contributed by atoms with Crippen LogP contribution in [0.3, 0.4) is 0 Å². The van der Waals surface area contributed by atoms with Crippen LogP contribution in [0.4, 0.5) is 5.69 Å². The van der Waals surface area contributed by atoms with Crippen molar-refractivity contribution in [1.82, 2.24) is 4.90 Å². The number of halogens is 1. The average molecular weight is 327 g/mol. The van der Waals surface area contributed by atoms with Crippen molar-refractivity contribution in [3.63, 3.8) is 0 Å². The molecule has 1 saturated heterocycles. The van der Waals surface area contributed by atoms with E-state index in [1.165, 1.54) is 19.4 Å². The maximum atomic E-state index is 9.94. The number of rotatable bonds is 3. The second-order valence-corrected chi connectivity index (χ2v) is 6.46. The maximum Gasteiger partial charge on any atom is 0.0782 e. The standard InChI is InChI=1S/C15H23BrN2O/c1-11(19)14-7-6-12(16)9-15(14)18(3)13-5-4-8-17(2)10-13/h6-7,9,11,13,19H,4-5,8,10H2,1-3H3. The first kappa shape index (κ1) is 14.8. The Morgan fingerprint density at radius 1 is 1.47 bits per heavy atom. The maximum absolute atomic E-state index is 9.94. The molecule has 1 aromatic carbocycles. The molecule has 1 fully saturated rings. The van der Waals surface area contributed by atoms with E-state index < -0.39 is 6.10 Å². The number of nitrogens with zero attached hydrogens (tertiary/aromatic N) is 2. The molecule has 1 aliphatic rings. The lowest BCUT2D eigenvalue weighted by Crippen LogP contribution is -2.45. The van der Waals surface area contributed by atoms with E-state index in [9.17, 15) is 5.11 Å². The summed E-state index contributed by atoms with van der Waals surface area (Å²) in [5, 5.41) is 9.94. The van der Waals surface area contributed by atoms with Crippen molar-refractivity contribution in [2.45, 2.75) is 31.9 Å². The van der Waals surface area contributed by atoms with Crippen molar-refractivity contribution in [3.8, 4) is 0 Å². The number of likely N-dealkylation sites (tertiary alicyclic amines) is 1. The van der Waals surface area contributed by atoms with Gasteiger partial charge < -0.3 is 14.9 Å². The Bertz CT molecular complexity index is 436. The zero-order chi connectivity index (χ0) is 14.0. The number of aliphatic hydroxyl groups excluding tert-OH is 1. The Balaban J connectivity index is 2.26. The number of anilines is 1. The van der Waals surface area contributed by atoms with Gasteiger partial charge in [0.15, 0.2) is 0 Å². The van der Waals surface area contributed by atoms with Crippen molar-refractivity contribution in [2.75, 3.05) is 32.1 Å². The second kappa shape index (κ2) is 6.25. The minimum absolute atomic E-state index is 0.438. The highest BCUT2D eigenvalue weighted by Crippen LogP contribution is 2.31. The quantitative estimate of drug-likeness (QED) is 0.924. The lowest BCUT2D eigenvalue weighted by molar-refractivity contribution is 0.199. The first-order chi connectivity index (χ1) is 8.99. The first-order valence-corrected chi connectivity index (χ1v) is 7.67. The Morgan fingerprint density at radius 2 is 2.21 bits per heavy atom. The number of benzene rings is 1. The first-order valence-electron chi connectivity index (χ1n) is 6.88. The molecule has 0 spiro atoms. The minimum atomic E-state index is -0.438. The average Bonchev–Trinajstić information content (AvgIpc) is 2.37. The molecule has 0 aromatic heterocycles. The molecule has 2 unspecified atom stereocenters. The van der Waals surface area contributed by atoms with Gasteiger partial charge in [-0.05, 0) is 45.5 Å². The van der Waals surface area contributed by atoms with Crippen LogP contribution in [-0.4, -0.2) is 43.2 Å². The smallest absolute Gasteiger partial charge is 0.0782 e. The van der Waals surface area contributed by atoms with Gasteiger partial charge in [0, 0.05) is 35.4 Å². The molecule has 19 heavy (non-hydrogen) atoms. The fourth-order valence-corrected chi connectivity index (χ4v) is 3.18. The summed E-state index contributed by atoms with van der Waals surface area (Å²) in [5.74, 6) is 0. The molecule has 1 heterocycles. The van der Waals surface area contributed by atoms with Crippen molar-refractivity contribution in [1.29, 1.82) is 0 Å². The fraction of sp³-hybridized carbons (Fsp3) is 0.600. The highest BCUT2D eigenvalue weighted by atomic mass is 79.9. The summed E-state index contributed by atoms with van der Waals surface area (Å²) in [4.78, 5) is 4.70. The van der Waals surface area contributed by atoms with Gasteiger partial charge in [0.1, 0.15) is 0 Å². The van der Waals surface area contributed by atoms with Gasteiger partial charge >= 0.3 is 0 Å². The zero-order valence-corrected chi connectivity index (χ0v) is 13.5. The summed E-state index contributed by atoms with van der Waals surface area (Å²) < 4.78 is 1.06. The second-order valence-electron chi connectivity index (χ2n) is 5.55. The van der Waals surface area contributed by atoms with Crippen LogP contribution < -0.4 is 4.90 Å². The predicted molar refractivity (Wildman–Crippen MR) is 83.7 cm³/mol. The molecule has 2 rings (SSSR count). The molecule has 0 bridgehead atoms. The molecule has 0 amide bonds. The fourth-order valence-electron chi connectivity index (χ4n) is 2.83. The summed E-state index contributed by atoms with van der Waals surface area (Å²) in [6, 6.07) is 6.63. The van der Waals surface area contributed by atoms with E-state index in [4.69, 9.17) is 0 Å². The summed E-state index contributed by atoms with van der Waals surface area (Å²) in [6.07, 6.45) is 2.02.